The normalized spacial score (nSPS) is 10.2. The number of pyridine rings is 1. The molecule has 0 aliphatic rings. The number of benzene rings is 1. The van der Waals surface area contributed by atoms with Crippen LogP contribution in [0.2, 0.25) is 0 Å². The number of anilines is 1. The quantitative estimate of drug-likeness (QED) is 0.931. The molecule has 104 valence electrons. The molecule has 0 fully saturated rings. The molecule has 1 heterocycles. The van der Waals surface area contributed by atoms with Gasteiger partial charge in [-0.05, 0) is 38.0 Å². The molecule has 0 aliphatic heterocycles. The summed E-state index contributed by atoms with van der Waals surface area (Å²) in [6.07, 6.45) is 0. The Hall–Kier alpha value is -2.36. The van der Waals surface area contributed by atoms with Crippen molar-refractivity contribution < 1.29 is 9.53 Å². The summed E-state index contributed by atoms with van der Waals surface area (Å²) >= 11 is 0. The maximum atomic E-state index is 12.2. The van der Waals surface area contributed by atoms with E-state index in [0.29, 0.717) is 11.6 Å². The van der Waals surface area contributed by atoms with Gasteiger partial charge in [0.25, 0.3) is 5.91 Å². The van der Waals surface area contributed by atoms with Crippen LogP contribution in [0.1, 0.15) is 27.2 Å². The summed E-state index contributed by atoms with van der Waals surface area (Å²) in [7, 11) is 1.53. The van der Waals surface area contributed by atoms with Crippen molar-refractivity contribution in [3.05, 3.63) is 52.7 Å². The lowest BCUT2D eigenvalue weighted by Crippen LogP contribution is -2.15. The first-order valence-electron chi connectivity index (χ1n) is 6.41. The highest BCUT2D eigenvalue weighted by Crippen LogP contribution is 2.22. The van der Waals surface area contributed by atoms with Gasteiger partial charge in [-0.2, -0.15) is 0 Å². The van der Waals surface area contributed by atoms with Gasteiger partial charge in [-0.3, -0.25) is 4.79 Å². The first kappa shape index (κ1) is 14.1. The Balaban J connectivity index is 2.28. The third kappa shape index (κ3) is 2.96. The van der Waals surface area contributed by atoms with Gasteiger partial charge in [0, 0.05) is 11.8 Å². The monoisotopic (exact) mass is 270 g/mol. The fourth-order valence-electron chi connectivity index (χ4n) is 2.21. The fraction of sp³-hybridized carbons (Fsp3) is 0.250. The average molecular weight is 270 g/mol. The molecule has 1 aromatic carbocycles. The highest BCUT2D eigenvalue weighted by molar-refractivity contribution is 6.03. The SMILES string of the molecule is COc1cccc(C(=O)Nc2c(C)cc(C)cc2C)n1. The third-order valence-corrected chi connectivity index (χ3v) is 3.08. The molecule has 4 nitrogen and oxygen atoms in total. The second kappa shape index (κ2) is 5.74. The molecule has 0 saturated carbocycles. The number of hydrogen-bond acceptors (Lipinski definition) is 3. The van der Waals surface area contributed by atoms with Crippen LogP contribution in [-0.4, -0.2) is 18.0 Å². The summed E-state index contributed by atoms with van der Waals surface area (Å²) in [4.78, 5) is 16.4. The topological polar surface area (TPSA) is 51.2 Å². The van der Waals surface area contributed by atoms with Crippen molar-refractivity contribution in [2.24, 2.45) is 0 Å². The van der Waals surface area contributed by atoms with E-state index in [4.69, 9.17) is 4.74 Å². The smallest absolute Gasteiger partial charge is 0.274 e. The zero-order valence-electron chi connectivity index (χ0n) is 12.2. The van der Waals surface area contributed by atoms with Gasteiger partial charge in [0.05, 0.1) is 7.11 Å². The van der Waals surface area contributed by atoms with Gasteiger partial charge >= 0.3 is 0 Å². The van der Waals surface area contributed by atoms with Crippen LogP contribution in [0.25, 0.3) is 0 Å². The summed E-state index contributed by atoms with van der Waals surface area (Å²) in [6.45, 7) is 6.00. The molecular weight excluding hydrogens is 252 g/mol. The maximum absolute atomic E-state index is 12.2. The molecule has 2 aromatic rings. The van der Waals surface area contributed by atoms with Crippen LogP contribution >= 0.6 is 0 Å². The molecule has 0 spiro atoms. The van der Waals surface area contributed by atoms with Crippen LogP contribution in [0.15, 0.2) is 30.3 Å². The Bertz CT molecular complexity index is 628. The predicted molar refractivity (Wildman–Crippen MR) is 79.4 cm³/mol. The van der Waals surface area contributed by atoms with Gasteiger partial charge in [-0.1, -0.05) is 23.8 Å². The van der Waals surface area contributed by atoms with Crippen LogP contribution in [0.5, 0.6) is 5.88 Å². The van der Waals surface area contributed by atoms with Gasteiger partial charge in [0.2, 0.25) is 5.88 Å². The van der Waals surface area contributed by atoms with Crippen LogP contribution in [-0.2, 0) is 0 Å². The Labute approximate surface area is 118 Å². The molecule has 1 amide bonds. The van der Waals surface area contributed by atoms with Crippen molar-refractivity contribution in [1.82, 2.24) is 4.98 Å². The fourth-order valence-corrected chi connectivity index (χ4v) is 2.21. The molecular formula is C16H18N2O2. The van der Waals surface area contributed by atoms with E-state index in [-0.39, 0.29) is 5.91 Å². The van der Waals surface area contributed by atoms with Gasteiger partial charge in [-0.25, -0.2) is 4.98 Å². The first-order chi connectivity index (χ1) is 9.51. The molecule has 1 N–H and O–H groups in total. The molecule has 0 unspecified atom stereocenters. The van der Waals surface area contributed by atoms with Gasteiger partial charge in [0.1, 0.15) is 5.69 Å². The third-order valence-electron chi connectivity index (χ3n) is 3.08. The van der Waals surface area contributed by atoms with E-state index in [1.807, 2.05) is 32.9 Å². The van der Waals surface area contributed by atoms with Crippen molar-refractivity contribution in [3.8, 4) is 5.88 Å². The summed E-state index contributed by atoms with van der Waals surface area (Å²) in [6, 6.07) is 9.20. The number of carbonyl (C=O) groups is 1. The van der Waals surface area contributed by atoms with Crippen molar-refractivity contribution in [1.29, 1.82) is 0 Å². The van der Waals surface area contributed by atoms with E-state index < -0.39 is 0 Å². The van der Waals surface area contributed by atoms with E-state index >= 15 is 0 Å². The molecule has 0 aliphatic carbocycles. The summed E-state index contributed by atoms with van der Waals surface area (Å²) in [5, 5.41) is 2.92. The molecule has 1 aromatic heterocycles. The van der Waals surface area contributed by atoms with Crippen LogP contribution in [0.4, 0.5) is 5.69 Å². The van der Waals surface area contributed by atoms with Gasteiger partial charge < -0.3 is 10.1 Å². The van der Waals surface area contributed by atoms with Crippen molar-refractivity contribution in [2.45, 2.75) is 20.8 Å². The second-order valence-electron chi connectivity index (χ2n) is 4.79. The largest absolute Gasteiger partial charge is 0.481 e. The number of methoxy groups -OCH3 is 1. The standard InChI is InChI=1S/C16H18N2O2/c1-10-8-11(2)15(12(3)9-10)18-16(19)13-6-5-7-14(17-13)20-4/h5-9H,1-4H3,(H,18,19). The predicted octanol–water partition coefficient (Wildman–Crippen LogP) is 3.27. The molecule has 0 radical (unpaired) electrons. The zero-order chi connectivity index (χ0) is 14.7. The van der Waals surface area contributed by atoms with E-state index in [1.54, 1.807) is 18.2 Å². The second-order valence-corrected chi connectivity index (χ2v) is 4.79. The highest BCUT2D eigenvalue weighted by Gasteiger charge is 2.12. The number of carbonyl (C=O) groups excluding carboxylic acids is 1. The molecule has 0 bridgehead atoms. The first-order valence-corrected chi connectivity index (χ1v) is 6.41. The number of hydrogen-bond donors (Lipinski definition) is 1. The number of aryl methyl sites for hydroxylation is 3. The maximum Gasteiger partial charge on any atom is 0.274 e. The minimum Gasteiger partial charge on any atom is -0.481 e. The number of amides is 1. The van der Waals surface area contributed by atoms with Gasteiger partial charge in [0.15, 0.2) is 0 Å². The number of nitrogens with zero attached hydrogens (tertiary/aromatic N) is 1. The lowest BCUT2D eigenvalue weighted by Gasteiger charge is -2.12. The number of aromatic nitrogens is 1. The molecule has 4 heteroatoms. The van der Waals surface area contributed by atoms with Crippen molar-refractivity contribution >= 4 is 11.6 Å². The summed E-state index contributed by atoms with van der Waals surface area (Å²) < 4.78 is 5.03. The number of ether oxygens (including phenoxy) is 1. The Morgan fingerprint density at radius 2 is 1.80 bits per heavy atom. The summed E-state index contributed by atoms with van der Waals surface area (Å²) in [5.41, 5.74) is 4.43. The van der Waals surface area contributed by atoms with Crippen LogP contribution < -0.4 is 10.1 Å². The average Bonchev–Trinajstić information content (AvgIpc) is 2.42. The number of rotatable bonds is 3. The molecule has 20 heavy (non-hydrogen) atoms. The minimum absolute atomic E-state index is 0.237. The lowest BCUT2D eigenvalue weighted by atomic mass is 10.0. The Morgan fingerprint density at radius 3 is 2.40 bits per heavy atom. The highest BCUT2D eigenvalue weighted by atomic mass is 16.5. The zero-order valence-corrected chi connectivity index (χ0v) is 12.2. The van der Waals surface area contributed by atoms with Crippen molar-refractivity contribution in [2.75, 3.05) is 12.4 Å². The Morgan fingerprint density at radius 1 is 1.15 bits per heavy atom. The molecule has 0 saturated heterocycles. The van der Waals surface area contributed by atoms with Crippen LogP contribution in [0.3, 0.4) is 0 Å². The molecule has 0 atom stereocenters. The van der Waals surface area contributed by atoms with E-state index in [2.05, 4.69) is 10.3 Å². The van der Waals surface area contributed by atoms with E-state index in [1.165, 1.54) is 12.7 Å². The van der Waals surface area contributed by atoms with Gasteiger partial charge in [-0.15, -0.1) is 0 Å². The van der Waals surface area contributed by atoms with E-state index in [9.17, 15) is 4.79 Å². The summed E-state index contributed by atoms with van der Waals surface area (Å²) in [5.74, 6) is 0.189. The molecule has 2 rings (SSSR count). The van der Waals surface area contributed by atoms with E-state index in [0.717, 1.165) is 16.8 Å². The minimum atomic E-state index is -0.237. The van der Waals surface area contributed by atoms with Crippen molar-refractivity contribution in [3.63, 3.8) is 0 Å². The lowest BCUT2D eigenvalue weighted by molar-refractivity contribution is 0.102. The number of nitrogens with one attached hydrogen (secondary N) is 1. The van der Waals surface area contributed by atoms with Crippen LogP contribution in [0, 0.1) is 20.8 Å². The Kier molecular flexibility index (Phi) is 4.03.